The number of methoxy groups -OCH3 is 2. The van der Waals surface area contributed by atoms with Gasteiger partial charge in [-0.1, -0.05) is 17.3 Å². The van der Waals surface area contributed by atoms with Crippen molar-refractivity contribution in [2.24, 2.45) is 0 Å². The monoisotopic (exact) mass is 379 g/mol. The van der Waals surface area contributed by atoms with Crippen LogP contribution in [0, 0.1) is 5.82 Å². The molecule has 2 aromatic heterocycles. The second-order valence-corrected chi connectivity index (χ2v) is 6.14. The third-order valence-electron chi connectivity index (χ3n) is 4.36. The fourth-order valence-corrected chi connectivity index (χ4v) is 3.00. The molecule has 0 aliphatic heterocycles. The van der Waals surface area contributed by atoms with Crippen LogP contribution < -0.4 is 9.47 Å². The lowest BCUT2D eigenvalue weighted by atomic mass is 10.2. The normalized spacial score (nSPS) is 10.8. The van der Waals surface area contributed by atoms with Gasteiger partial charge in [0.1, 0.15) is 11.5 Å². The first-order valence-corrected chi connectivity index (χ1v) is 8.64. The molecule has 28 heavy (non-hydrogen) atoms. The summed E-state index contributed by atoms with van der Waals surface area (Å²) in [6.07, 6.45) is 1.89. The van der Waals surface area contributed by atoms with Crippen LogP contribution in [0.25, 0.3) is 23.0 Å². The van der Waals surface area contributed by atoms with Crippen molar-refractivity contribution in [3.63, 3.8) is 0 Å². The third-order valence-corrected chi connectivity index (χ3v) is 4.36. The van der Waals surface area contributed by atoms with Crippen LogP contribution in [0.5, 0.6) is 11.5 Å². The molecule has 0 aliphatic rings. The fraction of sp³-hybridized carbons (Fsp3) is 0.143. The van der Waals surface area contributed by atoms with Crippen molar-refractivity contribution >= 4 is 0 Å². The minimum Gasteiger partial charge on any atom is -0.493 e. The molecule has 6 nitrogen and oxygen atoms in total. The molecule has 0 atom stereocenters. The van der Waals surface area contributed by atoms with E-state index in [-0.39, 0.29) is 5.82 Å². The highest BCUT2D eigenvalue weighted by atomic mass is 19.1. The van der Waals surface area contributed by atoms with E-state index in [2.05, 4.69) is 10.1 Å². The van der Waals surface area contributed by atoms with E-state index in [1.54, 1.807) is 32.4 Å². The predicted molar refractivity (Wildman–Crippen MR) is 102 cm³/mol. The van der Waals surface area contributed by atoms with Gasteiger partial charge in [0.2, 0.25) is 5.82 Å². The highest BCUT2D eigenvalue weighted by Crippen LogP contribution is 2.32. The summed E-state index contributed by atoms with van der Waals surface area (Å²) in [5.41, 5.74) is 2.34. The Kier molecular flexibility index (Phi) is 4.80. The number of rotatable bonds is 6. The maximum Gasteiger partial charge on any atom is 0.274 e. The van der Waals surface area contributed by atoms with Crippen LogP contribution in [-0.4, -0.2) is 28.9 Å². The molecular formula is C21H18FN3O3. The molecule has 7 heteroatoms. The molecule has 0 saturated carbocycles. The van der Waals surface area contributed by atoms with E-state index < -0.39 is 0 Å². The van der Waals surface area contributed by atoms with Gasteiger partial charge in [-0.25, -0.2) is 4.39 Å². The molecule has 0 saturated heterocycles. The van der Waals surface area contributed by atoms with Crippen molar-refractivity contribution in [3.8, 4) is 34.5 Å². The molecule has 0 unspecified atom stereocenters. The van der Waals surface area contributed by atoms with Gasteiger partial charge in [0.15, 0.2) is 11.5 Å². The molecule has 0 spiro atoms. The van der Waals surface area contributed by atoms with Crippen molar-refractivity contribution in [1.82, 2.24) is 14.7 Å². The molecule has 0 fully saturated rings. The molecule has 4 aromatic rings. The van der Waals surface area contributed by atoms with E-state index in [0.717, 1.165) is 16.8 Å². The van der Waals surface area contributed by atoms with Crippen LogP contribution in [-0.2, 0) is 6.54 Å². The lowest BCUT2D eigenvalue weighted by Gasteiger charge is -2.07. The van der Waals surface area contributed by atoms with Crippen molar-refractivity contribution in [2.75, 3.05) is 14.2 Å². The Morgan fingerprint density at radius 2 is 1.86 bits per heavy atom. The topological polar surface area (TPSA) is 62.3 Å². The van der Waals surface area contributed by atoms with Crippen molar-refractivity contribution in [1.29, 1.82) is 0 Å². The van der Waals surface area contributed by atoms with E-state index in [1.165, 1.54) is 12.1 Å². The van der Waals surface area contributed by atoms with Crippen LogP contribution in [0.3, 0.4) is 0 Å². The van der Waals surface area contributed by atoms with Gasteiger partial charge >= 0.3 is 0 Å². The first-order chi connectivity index (χ1) is 13.7. The number of halogens is 1. The molecular weight excluding hydrogens is 361 g/mol. The van der Waals surface area contributed by atoms with Crippen LogP contribution in [0.1, 0.15) is 5.56 Å². The lowest BCUT2D eigenvalue weighted by molar-refractivity contribution is 0.355. The zero-order valence-corrected chi connectivity index (χ0v) is 15.4. The Bertz CT molecular complexity index is 1100. The highest BCUT2D eigenvalue weighted by Gasteiger charge is 2.16. The Labute approximate surface area is 161 Å². The second-order valence-electron chi connectivity index (χ2n) is 6.14. The molecule has 2 heterocycles. The van der Waals surface area contributed by atoms with E-state index in [4.69, 9.17) is 14.0 Å². The first-order valence-electron chi connectivity index (χ1n) is 8.64. The predicted octanol–water partition coefficient (Wildman–Crippen LogP) is 4.41. The first kappa shape index (κ1) is 17.8. The van der Waals surface area contributed by atoms with Crippen molar-refractivity contribution < 1.29 is 18.4 Å². The van der Waals surface area contributed by atoms with E-state index in [0.29, 0.717) is 29.8 Å². The summed E-state index contributed by atoms with van der Waals surface area (Å²) in [4.78, 5) is 4.50. The summed E-state index contributed by atoms with van der Waals surface area (Å²) in [5.74, 6) is 1.76. The third kappa shape index (κ3) is 3.46. The molecule has 0 aliphatic carbocycles. The minimum atomic E-state index is -0.264. The van der Waals surface area contributed by atoms with Gasteiger partial charge in [0, 0.05) is 18.3 Å². The van der Waals surface area contributed by atoms with Crippen LogP contribution in [0.2, 0.25) is 0 Å². The number of nitrogens with zero attached hydrogens (tertiary/aromatic N) is 3. The smallest absolute Gasteiger partial charge is 0.274 e. The molecule has 2 aromatic carbocycles. The molecule has 4 rings (SSSR count). The van der Waals surface area contributed by atoms with Gasteiger partial charge in [-0.15, -0.1) is 0 Å². The van der Waals surface area contributed by atoms with Crippen LogP contribution in [0.4, 0.5) is 4.39 Å². The van der Waals surface area contributed by atoms with E-state index in [1.807, 2.05) is 35.0 Å². The Balaban J connectivity index is 1.63. The fourth-order valence-electron chi connectivity index (χ4n) is 3.00. The molecule has 0 N–H and O–H groups in total. The van der Waals surface area contributed by atoms with Gasteiger partial charge in [0.25, 0.3) is 5.89 Å². The summed E-state index contributed by atoms with van der Waals surface area (Å²) in [7, 11) is 3.15. The summed E-state index contributed by atoms with van der Waals surface area (Å²) >= 11 is 0. The number of benzene rings is 2. The average Bonchev–Trinajstić information content (AvgIpc) is 3.37. The van der Waals surface area contributed by atoms with Crippen molar-refractivity contribution in [2.45, 2.75) is 6.54 Å². The number of ether oxygens (including phenoxy) is 2. The van der Waals surface area contributed by atoms with Gasteiger partial charge < -0.3 is 18.6 Å². The van der Waals surface area contributed by atoms with Crippen molar-refractivity contribution in [3.05, 3.63) is 72.2 Å². The Hall–Kier alpha value is -3.61. The Morgan fingerprint density at radius 3 is 2.64 bits per heavy atom. The highest BCUT2D eigenvalue weighted by molar-refractivity contribution is 5.62. The van der Waals surface area contributed by atoms with E-state index >= 15 is 0 Å². The standard InChI is InChI=1S/C21H18FN3O3/c1-26-18-9-8-15(12-19(18)27-2)20-23-21(28-24-20)17-7-4-10-25(17)13-14-5-3-6-16(22)11-14/h3-12H,13H2,1-2H3. The minimum absolute atomic E-state index is 0.264. The summed E-state index contributed by atoms with van der Waals surface area (Å²) in [6, 6.07) is 15.7. The zero-order chi connectivity index (χ0) is 19.5. The number of hydrogen-bond donors (Lipinski definition) is 0. The summed E-state index contributed by atoms with van der Waals surface area (Å²) in [5, 5.41) is 4.08. The molecule has 142 valence electrons. The number of aromatic nitrogens is 3. The van der Waals surface area contributed by atoms with Crippen LogP contribution >= 0.6 is 0 Å². The average molecular weight is 379 g/mol. The largest absolute Gasteiger partial charge is 0.493 e. The van der Waals surface area contributed by atoms with Crippen LogP contribution in [0.15, 0.2) is 65.3 Å². The molecule has 0 bridgehead atoms. The number of hydrogen-bond acceptors (Lipinski definition) is 5. The maximum absolute atomic E-state index is 13.5. The lowest BCUT2D eigenvalue weighted by Crippen LogP contribution is -2.00. The van der Waals surface area contributed by atoms with Gasteiger partial charge in [-0.05, 0) is 48.0 Å². The summed E-state index contributed by atoms with van der Waals surface area (Å²) in [6.45, 7) is 0.494. The van der Waals surface area contributed by atoms with Gasteiger partial charge in [0.05, 0.1) is 14.2 Å². The maximum atomic E-state index is 13.5. The molecule has 0 radical (unpaired) electrons. The van der Waals surface area contributed by atoms with Gasteiger partial charge in [-0.2, -0.15) is 4.98 Å². The SMILES string of the molecule is COc1ccc(-c2noc(-c3cccn3Cc3cccc(F)c3)n2)cc1OC. The van der Waals surface area contributed by atoms with Gasteiger partial charge in [-0.3, -0.25) is 0 Å². The quantitative estimate of drug-likeness (QED) is 0.497. The summed E-state index contributed by atoms with van der Waals surface area (Å²) < 4.78 is 31.4. The molecule has 0 amide bonds. The van der Waals surface area contributed by atoms with E-state index in [9.17, 15) is 4.39 Å². The Morgan fingerprint density at radius 1 is 1.00 bits per heavy atom. The zero-order valence-electron chi connectivity index (χ0n) is 15.4. The second kappa shape index (κ2) is 7.56.